The van der Waals surface area contributed by atoms with E-state index in [0.29, 0.717) is 47.6 Å². The van der Waals surface area contributed by atoms with Crippen molar-refractivity contribution in [3.8, 4) is 0 Å². The minimum absolute atomic E-state index is 0.0101. The van der Waals surface area contributed by atoms with Crippen LogP contribution in [0.1, 0.15) is 70.1 Å². The van der Waals surface area contributed by atoms with Crippen LogP contribution in [-0.4, -0.2) is 64.6 Å². The van der Waals surface area contributed by atoms with E-state index in [1.807, 2.05) is 11.1 Å². The second kappa shape index (κ2) is 10.1. The van der Waals surface area contributed by atoms with Crippen LogP contribution in [0.25, 0.3) is 0 Å². The SMILES string of the molecule is CC1CN(C(=O)c2cncc(CC3(I)C(C)CN(C(=O)CC4CC4)CC3C)n2)CC(C)C1(C)I. The summed E-state index contributed by atoms with van der Waals surface area (Å²) in [4.78, 5) is 39.3. The molecule has 1 aromatic rings. The molecule has 1 aliphatic carbocycles. The highest BCUT2D eigenvalue weighted by molar-refractivity contribution is 14.1. The van der Waals surface area contributed by atoms with Gasteiger partial charge in [-0.3, -0.25) is 14.6 Å². The van der Waals surface area contributed by atoms with Crippen molar-refractivity contribution in [2.45, 2.75) is 67.1 Å². The molecule has 2 saturated heterocycles. The lowest BCUT2D eigenvalue weighted by molar-refractivity contribution is -0.134. The predicted molar refractivity (Wildman–Crippen MR) is 151 cm³/mol. The van der Waals surface area contributed by atoms with E-state index in [4.69, 9.17) is 4.98 Å². The Labute approximate surface area is 231 Å². The first-order valence-corrected chi connectivity index (χ1v) is 14.8. The van der Waals surface area contributed by atoms with Crippen molar-refractivity contribution in [1.82, 2.24) is 19.8 Å². The molecule has 34 heavy (non-hydrogen) atoms. The van der Waals surface area contributed by atoms with Crippen molar-refractivity contribution >= 4 is 57.0 Å². The average Bonchev–Trinajstić information content (AvgIpc) is 3.59. The Morgan fingerprint density at radius 2 is 1.50 bits per heavy atom. The maximum absolute atomic E-state index is 13.3. The molecular formula is C26H38I2N4O2. The monoisotopic (exact) mass is 692 g/mol. The molecule has 2 amide bonds. The molecule has 3 aliphatic rings. The first-order chi connectivity index (χ1) is 15.9. The molecule has 2 aliphatic heterocycles. The zero-order valence-corrected chi connectivity index (χ0v) is 25.4. The Morgan fingerprint density at radius 1 is 0.941 bits per heavy atom. The Bertz CT molecular complexity index is 909. The van der Waals surface area contributed by atoms with Crippen LogP contribution in [0.5, 0.6) is 0 Å². The zero-order valence-electron chi connectivity index (χ0n) is 21.1. The normalized spacial score (nSPS) is 36.4. The largest absolute Gasteiger partial charge is 0.342 e. The number of carbonyl (C=O) groups excluding carboxylic acids is 2. The second-order valence-electron chi connectivity index (χ2n) is 11.4. The third-order valence-corrected chi connectivity index (χ3v) is 13.3. The van der Waals surface area contributed by atoms with Gasteiger partial charge < -0.3 is 9.80 Å². The van der Waals surface area contributed by atoms with E-state index < -0.39 is 0 Å². The zero-order chi connectivity index (χ0) is 24.8. The first kappa shape index (κ1) is 26.5. The number of amides is 2. The lowest BCUT2D eigenvalue weighted by Crippen LogP contribution is -2.55. The Kier molecular flexibility index (Phi) is 7.88. The van der Waals surface area contributed by atoms with Gasteiger partial charge in [-0.1, -0.05) is 72.9 Å². The number of aromatic nitrogens is 2. The van der Waals surface area contributed by atoms with Gasteiger partial charge in [0.1, 0.15) is 5.69 Å². The third-order valence-electron chi connectivity index (χ3n) is 8.70. The smallest absolute Gasteiger partial charge is 0.274 e. The molecule has 4 atom stereocenters. The number of rotatable bonds is 5. The van der Waals surface area contributed by atoms with Gasteiger partial charge in [-0.25, -0.2) is 4.98 Å². The number of nitrogens with zero attached hydrogens (tertiary/aromatic N) is 4. The van der Waals surface area contributed by atoms with Crippen molar-refractivity contribution in [2.75, 3.05) is 26.2 Å². The number of likely N-dealkylation sites (tertiary alicyclic amines) is 2. The molecule has 4 unspecified atom stereocenters. The lowest BCUT2D eigenvalue weighted by atomic mass is 9.76. The van der Waals surface area contributed by atoms with E-state index in [9.17, 15) is 9.59 Å². The van der Waals surface area contributed by atoms with Crippen molar-refractivity contribution in [3.05, 3.63) is 23.8 Å². The molecule has 3 fully saturated rings. The van der Waals surface area contributed by atoms with Gasteiger partial charge in [0, 0.05) is 52.1 Å². The van der Waals surface area contributed by atoms with E-state index in [1.54, 1.807) is 6.20 Å². The molecule has 0 spiro atoms. The summed E-state index contributed by atoms with van der Waals surface area (Å²) in [5, 5.41) is 0. The van der Waals surface area contributed by atoms with Crippen molar-refractivity contribution in [1.29, 1.82) is 0 Å². The highest BCUT2D eigenvalue weighted by atomic mass is 127. The highest BCUT2D eigenvalue weighted by Crippen LogP contribution is 2.44. The minimum atomic E-state index is -0.0261. The Balaban J connectivity index is 1.44. The number of piperidine rings is 2. The minimum Gasteiger partial charge on any atom is -0.342 e. The fourth-order valence-corrected chi connectivity index (χ4v) is 6.73. The maximum Gasteiger partial charge on any atom is 0.274 e. The van der Waals surface area contributed by atoms with Gasteiger partial charge in [0.2, 0.25) is 5.91 Å². The van der Waals surface area contributed by atoms with Crippen LogP contribution in [0.3, 0.4) is 0 Å². The summed E-state index contributed by atoms with van der Waals surface area (Å²) in [5.74, 6) is 2.45. The molecule has 6 nitrogen and oxygen atoms in total. The summed E-state index contributed by atoms with van der Waals surface area (Å²) in [7, 11) is 0. The standard InChI is InChI=1S/C26H38I2N4O2/c1-16-12-32(13-17(2)25(16,5)27)24(34)22-11-29-10-21(30-22)9-26(28)18(3)14-31(15-19(26)4)23(33)8-20-6-7-20/h10-11,16-20H,6-9,12-15H2,1-5H3. The van der Waals surface area contributed by atoms with Gasteiger partial charge >= 0.3 is 0 Å². The molecule has 1 aromatic heterocycles. The Morgan fingerprint density at radius 3 is 2.06 bits per heavy atom. The lowest BCUT2D eigenvalue weighted by Gasteiger charge is -2.48. The van der Waals surface area contributed by atoms with E-state index in [-0.39, 0.29) is 12.8 Å². The van der Waals surface area contributed by atoms with Gasteiger partial charge in [0.05, 0.1) is 11.9 Å². The van der Waals surface area contributed by atoms with E-state index in [0.717, 1.165) is 38.3 Å². The molecular weight excluding hydrogens is 654 g/mol. The molecule has 8 heteroatoms. The summed E-state index contributed by atoms with van der Waals surface area (Å²) in [6.07, 6.45) is 7.32. The number of hydrogen-bond donors (Lipinski definition) is 0. The molecule has 0 aromatic carbocycles. The molecule has 0 radical (unpaired) electrons. The van der Waals surface area contributed by atoms with E-state index in [2.05, 4.69) is 89.7 Å². The second-order valence-corrected chi connectivity index (χ2v) is 15.7. The van der Waals surface area contributed by atoms with Crippen molar-refractivity contribution in [3.63, 3.8) is 0 Å². The molecule has 1 saturated carbocycles. The number of hydrogen-bond acceptors (Lipinski definition) is 4. The summed E-state index contributed by atoms with van der Waals surface area (Å²) in [5.41, 5.74) is 1.32. The van der Waals surface area contributed by atoms with Crippen LogP contribution >= 0.6 is 45.2 Å². The summed E-state index contributed by atoms with van der Waals surface area (Å²) >= 11 is 5.15. The summed E-state index contributed by atoms with van der Waals surface area (Å²) in [6, 6.07) is 0. The van der Waals surface area contributed by atoms with Crippen LogP contribution in [0, 0.1) is 29.6 Å². The number of carbonyl (C=O) groups is 2. The molecule has 3 heterocycles. The predicted octanol–water partition coefficient (Wildman–Crippen LogP) is 5.03. The van der Waals surface area contributed by atoms with Gasteiger partial charge in [-0.05, 0) is 49.4 Å². The number of halogens is 2. The average molecular weight is 692 g/mol. The van der Waals surface area contributed by atoms with Crippen LogP contribution in [0.4, 0.5) is 0 Å². The van der Waals surface area contributed by atoms with Gasteiger partial charge in [0.15, 0.2) is 0 Å². The van der Waals surface area contributed by atoms with Gasteiger partial charge in [0.25, 0.3) is 5.91 Å². The quantitative estimate of drug-likeness (QED) is 0.321. The van der Waals surface area contributed by atoms with E-state index in [1.165, 1.54) is 12.8 Å². The van der Waals surface area contributed by atoms with Crippen LogP contribution < -0.4 is 0 Å². The molecule has 0 bridgehead atoms. The van der Waals surface area contributed by atoms with E-state index >= 15 is 0 Å². The fourth-order valence-electron chi connectivity index (χ4n) is 5.55. The summed E-state index contributed by atoms with van der Waals surface area (Å²) < 4.78 is 0.165. The van der Waals surface area contributed by atoms with Crippen LogP contribution in [0.2, 0.25) is 0 Å². The van der Waals surface area contributed by atoms with Gasteiger partial charge in [-0.15, -0.1) is 0 Å². The van der Waals surface area contributed by atoms with Crippen molar-refractivity contribution in [2.24, 2.45) is 29.6 Å². The number of alkyl halides is 2. The molecule has 0 N–H and O–H groups in total. The highest BCUT2D eigenvalue weighted by Gasteiger charge is 2.46. The topological polar surface area (TPSA) is 66.4 Å². The molecule has 4 rings (SSSR count). The Hall–Kier alpha value is -0.520. The maximum atomic E-state index is 13.3. The fraction of sp³-hybridized carbons (Fsp3) is 0.769. The van der Waals surface area contributed by atoms with Crippen LogP contribution in [0.15, 0.2) is 12.4 Å². The van der Waals surface area contributed by atoms with Gasteiger partial charge in [-0.2, -0.15) is 0 Å². The van der Waals surface area contributed by atoms with Crippen molar-refractivity contribution < 1.29 is 9.59 Å². The third kappa shape index (κ3) is 5.42. The summed E-state index contributed by atoms with van der Waals surface area (Å²) in [6.45, 7) is 14.3. The van der Waals surface area contributed by atoms with Crippen LogP contribution in [-0.2, 0) is 11.2 Å². The molecule has 188 valence electrons. The first-order valence-electron chi connectivity index (χ1n) is 12.7.